The number of carbonyl (C=O) groups excluding carboxylic acids is 1. The van der Waals surface area contributed by atoms with Gasteiger partial charge in [-0.25, -0.2) is 32.6 Å². The molecule has 0 atom stereocenters. The molecule has 0 aliphatic carbocycles. The van der Waals surface area contributed by atoms with Crippen molar-refractivity contribution < 1.29 is 17.6 Å². The topological polar surface area (TPSA) is 143 Å². The van der Waals surface area contributed by atoms with Gasteiger partial charge in [0.05, 0.1) is 23.0 Å². The molecule has 0 bridgehead atoms. The van der Waals surface area contributed by atoms with E-state index in [9.17, 15) is 17.6 Å². The number of nitrogens with one attached hydrogen (secondary N) is 3. The van der Waals surface area contributed by atoms with Crippen molar-refractivity contribution in [1.82, 2.24) is 25.1 Å². The van der Waals surface area contributed by atoms with Gasteiger partial charge in [-0.05, 0) is 42.0 Å². The van der Waals surface area contributed by atoms with E-state index in [0.717, 1.165) is 6.26 Å². The molecule has 0 aliphatic heterocycles. The number of urea groups is 1. The maximum Gasteiger partial charge on any atom is 0.323 e. The first-order chi connectivity index (χ1) is 17.3. The normalized spacial score (nSPS) is 11.4. The molecule has 0 radical (unpaired) electrons. The zero-order chi connectivity index (χ0) is 25.3. The molecule has 36 heavy (non-hydrogen) atoms. The number of sulfone groups is 1. The molecule has 5 rings (SSSR count). The molecule has 2 aromatic carbocycles. The van der Waals surface area contributed by atoms with Crippen LogP contribution >= 0.6 is 0 Å². The third kappa shape index (κ3) is 4.88. The van der Waals surface area contributed by atoms with Gasteiger partial charge in [-0.1, -0.05) is 12.1 Å². The SMILES string of the molecule is CS(=O)(=O)c1cccc(-c2cnc3[nH]nc(-c4cc(F)cc(NC(=O)Nc5cncnc5)c4)c3c2)c1. The average molecular weight is 504 g/mol. The first-order valence-corrected chi connectivity index (χ1v) is 12.4. The van der Waals surface area contributed by atoms with Gasteiger partial charge in [0.1, 0.15) is 17.8 Å². The fraction of sp³-hybridized carbons (Fsp3) is 0.0417. The van der Waals surface area contributed by atoms with Gasteiger partial charge >= 0.3 is 6.03 Å². The van der Waals surface area contributed by atoms with Gasteiger partial charge < -0.3 is 10.6 Å². The van der Waals surface area contributed by atoms with Crippen LogP contribution in [0.4, 0.5) is 20.6 Å². The smallest absolute Gasteiger partial charge is 0.308 e. The lowest BCUT2D eigenvalue weighted by atomic mass is 10.0. The Hall–Kier alpha value is -4.71. The molecule has 0 saturated carbocycles. The summed E-state index contributed by atoms with van der Waals surface area (Å²) in [7, 11) is -3.38. The van der Waals surface area contributed by atoms with Crippen LogP contribution in [0.2, 0.25) is 0 Å². The number of halogens is 1. The number of pyridine rings is 1. The summed E-state index contributed by atoms with van der Waals surface area (Å²) < 4.78 is 38.4. The van der Waals surface area contributed by atoms with E-state index < -0.39 is 21.7 Å². The van der Waals surface area contributed by atoms with Crippen LogP contribution in [0.1, 0.15) is 0 Å². The number of nitrogens with zero attached hydrogens (tertiary/aromatic N) is 4. The second-order valence-corrected chi connectivity index (χ2v) is 9.94. The fourth-order valence-corrected chi connectivity index (χ4v) is 4.31. The maximum atomic E-state index is 14.5. The van der Waals surface area contributed by atoms with Crippen molar-refractivity contribution in [3.05, 3.63) is 79.3 Å². The second-order valence-electron chi connectivity index (χ2n) is 7.93. The van der Waals surface area contributed by atoms with Crippen molar-refractivity contribution in [2.45, 2.75) is 4.90 Å². The predicted molar refractivity (Wildman–Crippen MR) is 133 cm³/mol. The zero-order valence-electron chi connectivity index (χ0n) is 18.7. The van der Waals surface area contributed by atoms with E-state index in [-0.39, 0.29) is 10.6 Å². The summed E-state index contributed by atoms with van der Waals surface area (Å²) in [6.45, 7) is 0. The Labute approximate surface area is 204 Å². The van der Waals surface area contributed by atoms with Gasteiger partial charge in [0.25, 0.3) is 0 Å². The Kier molecular flexibility index (Phi) is 5.86. The Morgan fingerprint density at radius 1 is 0.917 bits per heavy atom. The number of aromatic amines is 1. The predicted octanol–water partition coefficient (Wildman–Crippen LogP) is 4.27. The van der Waals surface area contributed by atoms with E-state index in [1.165, 1.54) is 36.9 Å². The Morgan fingerprint density at radius 2 is 1.69 bits per heavy atom. The van der Waals surface area contributed by atoms with Crippen molar-refractivity contribution in [1.29, 1.82) is 0 Å². The van der Waals surface area contributed by atoms with Crippen molar-refractivity contribution >= 4 is 38.3 Å². The molecule has 2 amide bonds. The summed E-state index contributed by atoms with van der Waals surface area (Å²) in [4.78, 5) is 24.5. The third-order valence-corrected chi connectivity index (χ3v) is 6.37. The van der Waals surface area contributed by atoms with Crippen molar-refractivity contribution in [3.8, 4) is 22.4 Å². The third-order valence-electron chi connectivity index (χ3n) is 5.26. The monoisotopic (exact) mass is 503 g/mol. The lowest BCUT2D eigenvalue weighted by Gasteiger charge is -2.09. The minimum absolute atomic E-state index is 0.189. The molecule has 12 heteroatoms. The minimum atomic E-state index is -3.38. The summed E-state index contributed by atoms with van der Waals surface area (Å²) in [6, 6.07) is 11.8. The summed E-state index contributed by atoms with van der Waals surface area (Å²) in [6.07, 6.45) is 6.93. The van der Waals surface area contributed by atoms with Crippen LogP contribution in [0.15, 0.2) is 78.3 Å². The number of hydrogen-bond donors (Lipinski definition) is 3. The molecule has 180 valence electrons. The number of rotatable bonds is 5. The quantitative estimate of drug-likeness (QED) is 0.325. The van der Waals surface area contributed by atoms with E-state index in [1.54, 1.807) is 36.5 Å². The standard InChI is InChI=1S/C24H18FN7O3S/c1-36(34,35)20-4-2-3-14(7-20)16-8-21-22(31-32-23(21)28-10-16)15-5-17(25)9-18(6-15)29-24(33)30-19-11-26-13-27-12-19/h2-13H,1H3,(H,28,31,32)(H2,29,30,33). The molecule has 0 unspecified atom stereocenters. The summed E-state index contributed by atoms with van der Waals surface area (Å²) >= 11 is 0. The summed E-state index contributed by atoms with van der Waals surface area (Å²) in [5, 5.41) is 12.9. The summed E-state index contributed by atoms with van der Waals surface area (Å²) in [5.74, 6) is -0.577. The van der Waals surface area contributed by atoms with Gasteiger partial charge in [-0.2, -0.15) is 5.10 Å². The number of hydrogen-bond acceptors (Lipinski definition) is 7. The molecule has 3 N–H and O–H groups in total. The molecular formula is C24H18FN7O3S. The molecule has 0 aliphatic rings. The molecule has 10 nitrogen and oxygen atoms in total. The Morgan fingerprint density at radius 3 is 2.47 bits per heavy atom. The molecule has 0 spiro atoms. The molecule has 5 aromatic rings. The highest BCUT2D eigenvalue weighted by atomic mass is 32.2. The number of anilines is 2. The lowest BCUT2D eigenvalue weighted by molar-refractivity contribution is 0.262. The maximum absolute atomic E-state index is 14.5. The van der Waals surface area contributed by atoms with Gasteiger partial charge in [-0.15, -0.1) is 0 Å². The highest BCUT2D eigenvalue weighted by Gasteiger charge is 2.15. The Balaban J connectivity index is 1.49. The van der Waals surface area contributed by atoms with E-state index in [4.69, 9.17) is 0 Å². The number of H-pyrrole nitrogens is 1. The second kappa shape index (κ2) is 9.15. The Bertz CT molecular complexity index is 1710. The van der Waals surface area contributed by atoms with Crippen LogP contribution in [0.25, 0.3) is 33.4 Å². The summed E-state index contributed by atoms with van der Waals surface area (Å²) in [5.41, 5.74) is 3.19. The van der Waals surface area contributed by atoms with Crippen LogP contribution in [-0.2, 0) is 9.84 Å². The minimum Gasteiger partial charge on any atom is -0.308 e. The van der Waals surface area contributed by atoms with Crippen LogP contribution in [-0.4, -0.2) is 45.9 Å². The first kappa shape index (κ1) is 23.1. The largest absolute Gasteiger partial charge is 0.323 e. The van der Waals surface area contributed by atoms with E-state index in [0.29, 0.717) is 39.1 Å². The van der Waals surface area contributed by atoms with E-state index in [1.807, 2.05) is 0 Å². The van der Waals surface area contributed by atoms with Crippen molar-refractivity contribution in [3.63, 3.8) is 0 Å². The molecular weight excluding hydrogens is 485 g/mol. The van der Waals surface area contributed by atoms with E-state index >= 15 is 0 Å². The number of carbonyl (C=O) groups is 1. The van der Waals surface area contributed by atoms with Gasteiger partial charge in [-0.3, -0.25) is 5.10 Å². The number of aromatic nitrogens is 5. The van der Waals surface area contributed by atoms with Crippen LogP contribution in [0, 0.1) is 5.82 Å². The fourth-order valence-electron chi connectivity index (χ4n) is 3.64. The lowest BCUT2D eigenvalue weighted by Crippen LogP contribution is -2.19. The number of fused-ring (bicyclic) bond motifs is 1. The van der Waals surface area contributed by atoms with Crippen molar-refractivity contribution in [2.24, 2.45) is 0 Å². The molecule has 0 saturated heterocycles. The van der Waals surface area contributed by atoms with Crippen LogP contribution in [0.3, 0.4) is 0 Å². The van der Waals surface area contributed by atoms with Gasteiger partial charge in [0.15, 0.2) is 15.5 Å². The highest BCUT2D eigenvalue weighted by molar-refractivity contribution is 7.90. The zero-order valence-corrected chi connectivity index (χ0v) is 19.5. The number of benzene rings is 2. The van der Waals surface area contributed by atoms with Gasteiger partial charge in [0.2, 0.25) is 0 Å². The molecule has 3 heterocycles. The van der Waals surface area contributed by atoms with Crippen LogP contribution < -0.4 is 10.6 Å². The average Bonchev–Trinajstić information content (AvgIpc) is 3.27. The first-order valence-electron chi connectivity index (χ1n) is 10.5. The van der Waals surface area contributed by atoms with Gasteiger partial charge in [0, 0.05) is 34.7 Å². The van der Waals surface area contributed by atoms with Crippen molar-refractivity contribution in [2.75, 3.05) is 16.9 Å². The molecule has 0 fully saturated rings. The van der Waals surface area contributed by atoms with E-state index in [2.05, 4.69) is 35.8 Å². The highest BCUT2D eigenvalue weighted by Crippen LogP contribution is 2.31. The molecule has 3 aromatic heterocycles. The van der Waals surface area contributed by atoms with Crippen LogP contribution in [0.5, 0.6) is 0 Å². The number of amides is 2.